The van der Waals surface area contributed by atoms with Gasteiger partial charge in [-0.25, -0.2) is 0 Å². The summed E-state index contributed by atoms with van der Waals surface area (Å²) in [4.78, 5) is 28.2. The van der Waals surface area contributed by atoms with Gasteiger partial charge in [-0.2, -0.15) is 0 Å². The molecule has 1 fully saturated rings. The summed E-state index contributed by atoms with van der Waals surface area (Å²) in [5.74, 6) is 0.0123. The maximum absolute atomic E-state index is 12.7. The first-order chi connectivity index (χ1) is 11.5. The molecule has 1 heterocycles. The molecule has 0 spiro atoms. The molecule has 1 unspecified atom stereocenters. The summed E-state index contributed by atoms with van der Waals surface area (Å²) in [5, 5.41) is 0.692. The van der Waals surface area contributed by atoms with Gasteiger partial charge in [0.05, 0.1) is 6.54 Å². The van der Waals surface area contributed by atoms with Crippen LogP contribution in [0.3, 0.4) is 0 Å². The number of piperidine rings is 1. The van der Waals surface area contributed by atoms with Gasteiger partial charge in [-0.1, -0.05) is 30.7 Å². The van der Waals surface area contributed by atoms with E-state index in [0.717, 1.165) is 31.4 Å². The Bertz CT molecular complexity index is 576. The lowest BCUT2D eigenvalue weighted by Crippen LogP contribution is -2.49. The van der Waals surface area contributed by atoms with E-state index in [2.05, 4.69) is 6.92 Å². The van der Waals surface area contributed by atoms with Crippen LogP contribution >= 0.6 is 11.6 Å². The topological polar surface area (TPSA) is 40.6 Å². The van der Waals surface area contributed by atoms with Crippen LogP contribution in [0.15, 0.2) is 24.3 Å². The normalized spacial score (nSPS) is 17.6. The van der Waals surface area contributed by atoms with E-state index < -0.39 is 0 Å². The highest BCUT2D eigenvalue weighted by Crippen LogP contribution is 2.20. The average Bonchev–Trinajstić information content (AvgIpc) is 2.58. The molecular formula is C19H27ClN2O2. The van der Waals surface area contributed by atoms with Crippen molar-refractivity contribution in [3.05, 3.63) is 34.9 Å². The number of likely N-dealkylation sites (tertiary alicyclic amines) is 1. The fraction of sp³-hybridized carbons (Fsp3) is 0.579. The predicted molar refractivity (Wildman–Crippen MR) is 97.1 cm³/mol. The molecule has 1 aliphatic heterocycles. The Hall–Kier alpha value is -1.55. The van der Waals surface area contributed by atoms with E-state index in [0.29, 0.717) is 24.0 Å². The van der Waals surface area contributed by atoms with Crippen molar-refractivity contribution in [1.82, 2.24) is 9.80 Å². The fourth-order valence-corrected chi connectivity index (χ4v) is 3.52. The zero-order valence-electron chi connectivity index (χ0n) is 14.6. The average molecular weight is 351 g/mol. The third-order valence-corrected chi connectivity index (χ3v) is 4.98. The maximum atomic E-state index is 12.7. The third kappa shape index (κ3) is 5.23. The Morgan fingerprint density at radius 3 is 2.79 bits per heavy atom. The van der Waals surface area contributed by atoms with Gasteiger partial charge in [0.25, 0.3) is 0 Å². The highest BCUT2D eigenvalue weighted by atomic mass is 35.5. The third-order valence-electron chi connectivity index (χ3n) is 4.75. The van der Waals surface area contributed by atoms with Crippen LogP contribution in [0.1, 0.15) is 45.1 Å². The molecule has 1 atom stereocenters. The van der Waals surface area contributed by atoms with E-state index in [1.54, 1.807) is 4.90 Å². The van der Waals surface area contributed by atoms with Crippen LogP contribution in [0.25, 0.3) is 0 Å². The minimum Gasteiger partial charge on any atom is -0.338 e. The molecule has 0 aromatic heterocycles. The van der Waals surface area contributed by atoms with Gasteiger partial charge in [0.15, 0.2) is 0 Å². The van der Waals surface area contributed by atoms with E-state index >= 15 is 0 Å². The van der Waals surface area contributed by atoms with Crippen molar-refractivity contribution in [2.75, 3.05) is 19.6 Å². The largest absolute Gasteiger partial charge is 0.338 e. The first-order valence-corrected chi connectivity index (χ1v) is 9.18. The second-order valence-electron chi connectivity index (χ2n) is 6.47. The first kappa shape index (κ1) is 18.8. The van der Waals surface area contributed by atoms with E-state index in [9.17, 15) is 9.59 Å². The summed E-state index contributed by atoms with van der Waals surface area (Å²) in [5.41, 5.74) is 1.07. The Balaban J connectivity index is 1.95. The van der Waals surface area contributed by atoms with Crippen LogP contribution in [0.5, 0.6) is 0 Å². The van der Waals surface area contributed by atoms with E-state index in [-0.39, 0.29) is 18.4 Å². The zero-order chi connectivity index (χ0) is 17.5. The van der Waals surface area contributed by atoms with Crippen molar-refractivity contribution in [2.24, 2.45) is 0 Å². The molecule has 2 rings (SSSR count). The van der Waals surface area contributed by atoms with Gasteiger partial charge >= 0.3 is 0 Å². The van der Waals surface area contributed by atoms with Gasteiger partial charge < -0.3 is 9.80 Å². The molecular weight excluding hydrogens is 324 g/mol. The lowest BCUT2D eigenvalue weighted by atomic mass is 10.00. The van der Waals surface area contributed by atoms with Gasteiger partial charge in [-0.3, -0.25) is 9.59 Å². The molecule has 1 aliphatic rings. The summed E-state index contributed by atoms with van der Waals surface area (Å²) in [6.45, 7) is 5.17. The molecule has 1 aromatic carbocycles. The summed E-state index contributed by atoms with van der Waals surface area (Å²) < 4.78 is 0. The maximum Gasteiger partial charge on any atom is 0.242 e. The van der Waals surface area contributed by atoms with Gasteiger partial charge in [0.1, 0.15) is 0 Å². The number of hydrogen-bond donors (Lipinski definition) is 0. The number of rotatable bonds is 6. The predicted octanol–water partition coefficient (Wildman–Crippen LogP) is 3.52. The van der Waals surface area contributed by atoms with Crippen LogP contribution in [-0.4, -0.2) is 47.3 Å². The van der Waals surface area contributed by atoms with Crippen molar-refractivity contribution in [3.8, 4) is 0 Å². The molecule has 24 heavy (non-hydrogen) atoms. The van der Waals surface area contributed by atoms with Crippen molar-refractivity contribution < 1.29 is 9.59 Å². The molecule has 4 nitrogen and oxygen atoms in total. The minimum atomic E-state index is -0.0598. The molecule has 5 heteroatoms. The number of halogens is 1. The van der Waals surface area contributed by atoms with Gasteiger partial charge in [0.2, 0.25) is 11.8 Å². The van der Waals surface area contributed by atoms with Gasteiger partial charge in [0, 0.05) is 31.1 Å². The number of nitrogens with zero attached hydrogens (tertiary/aromatic N) is 2. The zero-order valence-corrected chi connectivity index (χ0v) is 15.4. The number of carbonyl (C=O) groups is 2. The summed E-state index contributed by atoms with van der Waals surface area (Å²) in [6.07, 6.45) is 5.00. The van der Waals surface area contributed by atoms with Crippen LogP contribution in [-0.2, 0) is 16.0 Å². The quantitative estimate of drug-likeness (QED) is 0.787. The van der Waals surface area contributed by atoms with E-state index in [1.165, 1.54) is 13.3 Å². The molecule has 1 saturated heterocycles. The Kier molecular flexibility index (Phi) is 7.10. The second kappa shape index (κ2) is 9.07. The lowest BCUT2D eigenvalue weighted by Gasteiger charge is -2.36. The highest BCUT2D eigenvalue weighted by molar-refractivity contribution is 6.30. The number of amides is 2. The molecule has 1 aromatic rings. The molecule has 132 valence electrons. The summed E-state index contributed by atoms with van der Waals surface area (Å²) >= 11 is 6.00. The van der Waals surface area contributed by atoms with Crippen LogP contribution in [0, 0.1) is 0 Å². The van der Waals surface area contributed by atoms with Crippen LogP contribution in [0.4, 0.5) is 0 Å². The van der Waals surface area contributed by atoms with Gasteiger partial charge in [-0.05, 0) is 49.8 Å². The van der Waals surface area contributed by atoms with Crippen molar-refractivity contribution in [2.45, 2.75) is 52.0 Å². The van der Waals surface area contributed by atoms with Crippen molar-refractivity contribution in [3.63, 3.8) is 0 Å². The second-order valence-corrected chi connectivity index (χ2v) is 6.90. The minimum absolute atomic E-state index is 0.0598. The molecule has 0 bridgehead atoms. The Labute approximate surface area is 149 Å². The summed E-state index contributed by atoms with van der Waals surface area (Å²) in [7, 11) is 0. The fourth-order valence-electron chi connectivity index (χ4n) is 3.31. The van der Waals surface area contributed by atoms with E-state index in [1.807, 2.05) is 29.2 Å². The first-order valence-electron chi connectivity index (χ1n) is 8.80. The van der Waals surface area contributed by atoms with Crippen LogP contribution in [0.2, 0.25) is 5.02 Å². The molecule has 2 amide bonds. The number of benzene rings is 1. The standard InChI is InChI=1S/C19H27ClN2O2/c1-3-18-9-4-5-11-22(18)19(24)14-21(15(2)23)12-10-16-7-6-8-17(20)13-16/h6-8,13,18H,3-5,9-12,14H2,1-2H3. The van der Waals surface area contributed by atoms with E-state index in [4.69, 9.17) is 11.6 Å². The molecule has 0 radical (unpaired) electrons. The molecule has 0 N–H and O–H groups in total. The van der Waals surface area contributed by atoms with Crippen molar-refractivity contribution >= 4 is 23.4 Å². The van der Waals surface area contributed by atoms with Crippen LogP contribution < -0.4 is 0 Å². The smallest absolute Gasteiger partial charge is 0.242 e. The Morgan fingerprint density at radius 2 is 2.12 bits per heavy atom. The number of hydrogen-bond acceptors (Lipinski definition) is 2. The Morgan fingerprint density at radius 1 is 1.33 bits per heavy atom. The monoisotopic (exact) mass is 350 g/mol. The lowest BCUT2D eigenvalue weighted by molar-refractivity contribution is -0.141. The SMILES string of the molecule is CCC1CCCCN1C(=O)CN(CCc1cccc(Cl)c1)C(C)=O. The molecule has 0 aliphatic carbocycles. The number of carbonyl (C=O) groups excluding carboxylic acids is 2. The molecule has 0 saturated carbocycles. The van der Waals surface area contributed by atoms with Gasteiger partial charge in [-0.15, -0.1) is 0 Å². The highest BCUT2D eigenvalue weighted by Gasteiger charge is 2.26. The summed E-state index contributed by atoms with van der Waals surface area (Å²) in [6, 6.07) is 7.95. The van der Waals surface area contributed by atoms with Crippen molar-refractivity contribution in [1.29, 1.82) is 0 Å².